The molecule has 1 fully saturated rings. The lowest BCUT2D eigenvalue weighted by molar-refractivity contribution is 0.0724. The van der Waals surface area contributed by atoms with Gasteiger partial charge in [-0.3, -0.25) is 4.79 Å². The summed E-state index contributed by atoms with van der Waals surface area (Å²) < 4.78 is 5.73. The Morgan fingerprint density at radius 2 is 1.43 bits per heavy atom. The average Bonchev–Trinajstić information content (AvgIpc) is 2.57. The van der Waals surface area contributed by atoms with Crippen molar-refractivity contribution in [3.8, 4) is 11.5 Å². The third-order valence-electron chi connectivity index (χ3n) is 3.72. The van der Waals surface area contributed by atoms with Gasteiger partial charge in [0.05, 0.1) is 0 Å². The van der Waals surface area contributed by atoms with E-state index in [1.165, 1.54) is 6.42 Å². The Kier molecular flexibility index (Phi) is 4.20. The molecule has 0 aromatic heterocycles. The quantitative estimate of drug-likeness (QED) is 0.847. The summed E-state index contributed by atoms with van der Waals surface area (Å²) in [6.45, 7) is 1.75. The topological polar surface area (TPSA) is 29.5 Å². The highest BCUT2D eigenvalue weighted by molar-refractivity contribution is 5.94. The van der Waals surface area contributed by atoms with Gasteiger partial charge in [0.2, 0.25) is 0 Å². The number of hydrogen-bond acceptors (Lipinski definition) is 2. The average molecular weight is 281 g/mol. The molecule has 3 nitrogen and oxygen atoms in total. The Morgan fingerprint density at radius 1 is 0.810 bits per heavy atom. The lowest BCUT2D eigenvalue weighted by atomic mass is 10.1. The van der Waals surface area contributed by atoms with Crippen molar-refractivity contribution >= 4 is 5.91 Å². The number of ether oxygens (including phenoxy) is 1. The van der Waals surface area contributed by atoms with Crippen molar-refractivity contribution in [2.45, 2.75) is 19.3 Å². The van der Waals surface area contributed by atoms with Crippen molar-refractivity contribution in [1.82, 2.24) is 4.90 Å². The molecular weight excluding hydrogens is 262 g/mol. The highest BCUT2D eigenvalue weighted by Gasteiger charge is 2.17. The first-order valence-corrected chi connectivity index (χ1v) is 7.45. The van der Waals surface area contributed by atoms with Gasteiger partial charge in [-0.25, -0.2) is 0 Å². The van der Waals surface area contributed by atoms with Crippen LogP contribution in [-0.4, -0.2) is 23.9 Å². The van der Waals surface area contributed by atoms with Gasteiger partial charge in [0.25, 0.3) is 5.91 Å². The van der Waals surface area contributed by atoms with Crippen LogP contribution in [0.15, 0.2) is 54.6 Å². The fraction of sp³-hybridized carbons (Fsp3) is 0.278. The van der Waals surface area contributed by atoms with Gasteiger partial charge < -0.3 is 9.64 Å². The molecule has 2 aromatic carbocycles. The van der Waals surface area contributed by atoms with Gasteiger partial charge in [-0.2, -0.15) is 0 Å². The van der Waals surface area contributed by atoms with E-state index in [0.717, 1.165) is 43.0 Å². The number of benzene rings is 2. The standard InChI is InChI=1S/C18H19NO2/c20-18(19-13-5-2-6-14-19)15-9-11-17(12-10-15)21-16-7-3-1-4-8-16/h1,3-4,7-12H,2,5-6,13-14H2. The van der Waals surface area contributed by atoms with Crippen molar-refractivity contribution in [2.24, 2.45) is 0 Å². The number of rotatable bonds is 3. The van der Waals surface area contributed by atoms with E-state index in [1.807, 2.05) is 59.5 Å². The Morgan fingerprint density at radius 3 is 2.10 bits per heavy atom. The minimum atomic E-state index is 0.126. The zero-order valence-corrected chi connectivity index (χ0v) is 12.0. The molecule has 1 saturated heterocycles. The summed E-state index contributed by atoms with van der Waals surface area (Å²) >= 11 is 0. The van der Waals surface area contributed by atoms with Gasteiger partial charge in [-0.15, -0.1) is 0 Å². The van der Waals surface area contributed by atoms with Gasteiger partial charge in [0.15, 0.2) is 0 Å². The third kappa shape index (κ3) is 3.43. The molecule has 21 heavy (non-hydrogen) atoms. The van der Waals surface area contributed by atoms with E-state index in [4.69, 9.17) is 4.74 Å². The minimum absolute atomic E-state index is 0.126. The summed E-state index contributed by atoms with van der Waals surface area (Å²) in [5.74, 6) is 1.67. The molecule has 0 saturated carbocycles. The Balaban J connectivity index is 1.67. The lowest BCUT2D eigenvalue weighted by Crippen LogP contribution is -2.35. The van der Waals surface area contributed by atoms with Gasteiger partial charge in [0, 0.05) is 18.7 Å². The van der Waals surface area contributed by atoms with Gasteiger partial charge in [0.1, 0.15) is 11.5 Å². The predicted molar refractivity (Wildman–Crippen MR) is 82.7 cm³/mol. The summed E-state index contributed by atoms with van der Waals surface area (Å²) in [4.78, 5) is 14.3. The van der Waals surface area contributed by atoms with E-state index in [2.05, 4.69) is 0 Å². The largest absolute Gasteiger partial charge is 0.457 e. The van der Waals surface area contributed by atoms with E-state index in [-0.39, 0.29) is 5.91 Å². The molecule has 0 aliphatic carbocycles. The van der Waals surface area contributed by atoms with E-state index in [1.54, 1.807) is 0 Å². The zero-order chi connectivity index (χ0) is 14.5. The Labute approximate surface area is 125 Å². The molecule has 3 heteroatoms. The number of amides is 1. The van der Waals surface area contributed by atoms with Crippen LogP contribution in [0.25, 0.3) is 0 Å². The molecule has 1 amide bonds. The highest BCUT2D eigenvalue weighted by atomic mass is 16.5. The second-order valence-electron chi connectivity index (χ2n) is 5.29. The van der Waals surface area contributed by atoms with Gasteiger partial charge in [-0.05, 0) is 55.7 Å². The zero-order valence-electron chi connectivity index (χ0n) is 12.0. The Bertz CT molecular complexity index is 586. The van der Waals surface area contributed by atoms with Crippen LogP contribution in [0.4, 0.5) is 0 Å². The second-order valence-corrected chi connectivity index (χ2v) is 5.29. The summed E-state index contributed by atoms with van der Waals surface area (Å²) in [6.07, 6.45) is 3.45. The lowest BCUT2D eigenvalue weighted by Gasteiger charge is -2.26. The first-order valence-electron chi connectivity index (χ1n) is 7.45. The maximum absolute atomic E-state index is 12.4. The van der Waals surface area contributed by atoms with Crippen LogP contribution in [0.1, 0.15) is 29.6 Å². The van der Waals surface area contributed by atoms with Crippen LogP contribution >= 0.6 is 0 Å². The second kappa shape index (κ2) is 6.44. The first-order chi connectivity index (χ1) is 10.3. The number of carbonyl (C=O) groups is 1. The number of para-hydroxylation sites is 1. The molecule has 1 aliphatic rings. The predicted octanol–water partition coefficient (Wildman–Crippen LogP) is 4.11. The van der Waals surface area contributed by atoms with E-state index >= 15 is 0 Å². The number of carbonyl (C=O) groups excluding carboxylic acids is 1. The number of piperidine rings is 1. The van der Waals surface area contributed by atoms with Gasteiger partial charge >= 0.3 is 0 Å². The summed E-state index contributed by atoms with van der Waals surface area (Å²) in [5, 5.41) is 0. The van der Waals surface area contributed by atoms with E-state index in [9.17, 15) is 4.79 Å². The van der Waals surface area contributed by atoms with E-state index in [0.29, 0.717) is 0 Å². The summed E-state index contributed by atoms with van der Waals surface area (Å²) in [5.41, 5.74) is 0.734. The smallest absolute Gasteiger partial charge is 0.253 e. The molecule has 3 rings (SSSR count). The van der Waals surface area contributed by atoms with Crippen LogP contribution in [0.3, 0.4) is 0 Å². The molecule has 1 aliphatic heterocycles. The molecular formula is C18H19NO2. The maximum atomic E-state index is 12.4. The van der Waals surface area contributed by atoms with Crippen molar-refractivity contribution < 1.29 is 9.53 Å². The number of nitrogens with zero attached hydrogens (tertiary/aromatic N) is 1. The Hall–Kier alpha value is -2.29. The molecule has 2 aromatic rings. The van der Waals surface area contributed by atoms with Crippen LogP contribution in [0.5, 0.6) is 11.5 Å². The molecule has 0 N–H and O–H groups in total. The normalized spacial score (nSPS) is 14.8. The summed E-state index contributed by atoms with van der Waals surface area (Å²) in [6, 6.07) is 17.0. The number of hydrogen-bond donors (Lipinski definition) is 0. The molecule has 0 atom stereocenters. The highest BCUT2D eigenvalue weighted by Crippen LogP contribution is 2.22. The van der Waals surface area contributed by atoms with Crippen molar-refractivity contribution in [3.05, 3.63) is 60.2 Å². The van der Waals surface area contributed by atoms with E-state index < -0.39 is 0 Å². The fourth-order valence-corrected chi connectivity index (χ4v) is 2.57. The van der Waals surface area contributed by atoms with Crippen LogP contribution in [0, 0.1) is 0 Å². The fourth-order valence-electron chi connectivity index (χ4n) is 2.57. The van der Waals surface area contributed by atoms with Crippen LogP contribution in [-0.2, 0) is 0 Å². The van der Waals surface area contributed by atoms with Crippen molar-refractivity contribution in [3.63, 3.8) is 0 Å². The number of likely N-dealkylation sites (tertiary alicyclic amines) is 1. The molecule has 0 unspecified atom stereocenters. The molecule has 0 bridgehead atoms. The molecule has 108 valence electrons. The third-order valence-corrected chi connectivity index (χ3v) is 3.72. The van der Waals surface area contributed by atoms with Crippen LogP contribution < -0.4 is 4.74 Å². The minimum Gasteiger partial charge on any atom is -0.457 e. The molecule has 1 heterocycles. The monoisotopic (exact) mass is 281 g/mol. The van der Waals surface area contributed by atoms with Crippen molar-refractivity contribution in [2.75, 3.05) is 13.1 Å². The SMILES string of the molecule is O=C(c1ccc(Oc2ccccc2)cc1)N1CCCCC1. The summed E-state index contributed by atoms with van der Waals surface area (Å²) in [7, 11) is 0. The molecule has 0 spiro atoms. The van der Waals surface area contributed by atoms with Crippen molar-refractivity contribution in [1.29, 1.82) is 0 Å². The molecule has 0 radical (unpaired) electrons. The first kappa shape index (κ1) is 13.7. The van der Waals surface area contributed by atoms with Crippen LogP contribution in [0.2, 0.25) is 0 Å². The maximum Gasteiger partial charge on any atom is 0.253 e. The van der Waals surface area contributed by atoms with Gasteiger partial charge in [-0.1, -0.05) is 18.2 Å².